The number of nitrogens with one attached hydrogen (secondary N) is 2. The summed E-state index contributed by atoms with van der Waals surface area (Å²) < 4.78 is 0. The van der Waals surface area contributed by atoms with Gasteiger partial charge in [0.15, 0.2) is 0 Å². The summed E-state index contributed by atoms with van der Waals surface area (Å²) in [5.41, 5.74) is 1.28. The van der Waals surface area contributed by atoms with Crippen molar-refractivity contribution in [3.63, 3.8) is 0 Å². The number of carbonyl (C=O) groups is 1. The van der Waals surface area contributed by atoms with Gasteiger partial charge < -0.3 is 15.5 Å². The minimum Gasteiger partial charge on any atom is -0.325 e. The first-order chi connectivity index (χ1) is 9.03. The summed E-state index contributed by atoms with van der Waals surface area (Å²) in [6.07, 6.45) is 3.88. The SMILES string of the molecule is CC(=O)Nc1ccsc1CNCC1(N(C)C)CCC1. The first kappa shape index (κ1) is 14.5. The molecule has 0 radical (unpaired) electrons. The van der Waals surface area contributed by atoms with E-state index in [2.05, 4.69) is 29.6 Å². The average Bonchev–Trinajstić information content (AvgIpc) is 2.68. The molecule has 0 aliphatic heterocycles. The molecule has 2 N–H and O–H groups in total. The Balaban J connectivity index is 1.86. The number of rotatable bonds is 6. The van der Waals surface area contributed by atoms with Crippen LogP contribution in [0, 0.1) is 0 Å². The van der Waals surface area contributed by atoms with Crippen LogP contribution in [-0.2, 0) is 11.3 Å². The molecule has 4 nitrogen and oxygen atoms in total. The molecule has 1 aromatic rings. The van der Waals surface area contributed by atoms with Crippen LogP contribution in [0.25, 0.3) is 0 Å². The molecule has 1 aliphatic rings. The second-order valence-electron chi connectivity index (χ2n) is 5.51. The van der Waals surface area contributed by atoms with Crippen LogP contribution >= 0.6 is 11.3 Å². The number of thiophene rings is 1. The van der Waals surface area contributed by atoms with Crippen molar-refractivity contribution in [2.24, 2.45) is 0 Å². The number of likely N-dealkylation sites (N-methyl/N-ethyl adjacent to an activating group) is 1. The van der Waals surface area contributed by atoms with E-state index in [-0.39, 0.29) is 5.91 Å². The van der Waals surface area contributed by atoms with Gasteiger partial charge in [-0.05, 0) is 44.8 Å². The van der Waals surface area contributed by atoms with Crippen LogP contribution in [0.1, 0.15) is 31.1 Å². The Morgan fingerprint density at radius 1 is 1.47 bits per heavy atom. The molecule has 1 amide bonds. The molecule has 2 rings (SSSR count). The molecule has 1 aromatic heterocycles. The summed E-state index contributed by atoms with van der Waals surface area (Å²) in [4.78, 5) is 14.6. The molecule has 1 aliphatic carbocycles. The topological polar surface area (TPSA) is 44.4 Å². The van der Waals surface area contributed by atoms with E-state index in [0.29, 0.717) is 5.54 Å². The van der Waals surface area contributed by atoms with Gasteiger partial charge in [-0.25, -0.2) is 0 Å². The summed E-state index contributed by atoms with van der Waals surface area (Å²) in [5, 5.41) is 8.44. The fraction of sp³-hybridized carbons (Fsp3) is 0.643. The van der Waals surface area contributed by atoms with Crippen molar-refractivity contribution in [3.8, 4) is 0 Å². The van der Waals surface area contributed by atoms with Crippen LogP contribution in [0.5, 0.6) is 0 Å². The van der Waals surface area contributed by atoms with E-state index in [1.165, 1.54) is 24.1 Å². The lowest BCUT2D eigenvalue weighted by molar-refractivity contribution is -0.114. The number of anilines is 1. The molecule has 0 bridgehead atoms. The molecular weight excluding hydrogens is 258 g/mol. The summed E-state index contributed by atoms with van der Waals surface area (Å²) in [5.74, 6) is -0.0107. The second-order valence-corrected chi connectivity index (χ2v) is 6.52. The predicted octanol–water partition coefficient (Wildman–Crippen LogP) is 2.28. The largest absolute Gasteiger partial charge is 0.325 e. The van der Waals surface area contributed by atoms with E-state index in [1.54, 1.807) is 18.3 Å². The molecule has 1 saturated carbocycles. The van der Waals surface area contributed by atoms with Crippen molar-refractivity contribution < 1.29 is 4.79 Å². The monoisotopic (exact) mass is 281 g/mol. The zero-order valence-corrected chi connectivity index (χ0v) is 12.8. The lowest BCUT2D eigenvalue weighted by atomic mass is 9.75. The van der Waals surface area contributed by atoms with Gasteiger partial charge in [-0.2, -0.15) is 0 Å². The number of carbonyl (C=O) groups excluding carboxylic acids is 1. The minimum absolute atomic E-state index is 0.0107. The van der Waals surface area contributed by atoms with Gasteiger partial charge in [0.25, 0.3) is 0 Å². The zero-order valence-electron chi connectivity index (χ0n) is 12.0. The Morgan fingerprint density at radius 2 is 2.21 bits per heavy atom. The first-order valence-electron chi connectivity index (χ1n) is 6.76. The Hall–Kier alpha value is -0.910. The van der Waals surface area contributed by atoms with Crippen molar-refractivity contribution in [2.45, 2.75) is 38.3 Å². The molecule has 1 fully saturated rings. The van der Waals surface area contributed by atoms with Crippen molar-refractivity contribution in [3.05, 3.63) is 16.3 Å². The molecular formula is C14H23N3OS. The molecule has 19 heavy (non-hydrogen) atoms. The van der Waals surface area contributed by atoms with Crippen LogP contribution in [-0.4, -0.2) is 37.0 Å². The third kappa shape index (κ3) is 3.35. The van der Waals surface area contributed by atoms with Crippen LogP contribution in [0.3, 0.4) is 0 Å². The second kappa shape index (κ2) is 6.03. The van der Waals surface area contributed by atoms with Crippen molar-refractivity contribution in [1.82, 2.24) is 10.2 Å². The van der Waals surface area contributed by atoms with E-state index >= 15 is 0 Å². The average molecular weight is 281 g/mol. The third-order valence-corrected chi connectivity index (χ3v) is 4.95. The van der Waals surface area contributed by atoms with E-state index in [1.807, 2.05) is 11.4 Å². The van der Waals surface area contributed by atoms with Gasteiger partial charge in [0.1, 0.15) is 0 Å². The quantitative estimate of drug-likeness (QED) is 0.841. The highest BCUT2D eigenvalue weighted by molar-refractivity contribution is 7.10. The van der Waals surface area contributed by atoms with Crippen molar-refractivity contribution >= 4 is 22.9 Å². The molecule has 0 spiro atoms. The van der Waals surface area contributed by atoms with E-state index < -0.39 is 0 Å². The normalized spacial score (nSPS) is 17.3. The number of hydrogen-bond acceptors (Lipinski definition) is 4. The minimum atomic E-state index is -0.0107. The van der Waals surface area contributed by atoms with Crippen molar-refractivity contribution in [2.75, 3.05) is 26.0 Å². The molecule has 0 saturated heterocycles. The Labute approximate surface area is 119 Å². The highest BCUT2D eigenvalue weighted by atomic mass is 32.1. The molecule has 1 heterocycles. The maximum absolute atomic E-state index is 11.1. The van der Waals surface area contributed by atoms with Crippen LogP contribution in [0.4, 0.5) is 5.69 Å². The Morgan fingerprint density at radius 3 is 2.74 bits per heavy atom. The van der Waals surface area contributed by atoms with Crippen LogP contribution in [0.15, 0.2) is 11.4 Å². The molecule has 0 unspecified atom stereocenters. The van der Waals surface area contributed by atoms with Crippen LogP contribution in [0.2, 0.25) is 0 Å². The van der Waals surface area contributed by atoms with E-state index in [0.717, 1.165) is 18.8 Å². The highest BCUT2D eigenvalue weighted by Crippen LogP contribution is 2.35. The number of nitrogens with zero attached hydrogens (tertiary/aromatic N) is 1. The van der Waals surface area contributed by atoms with Gasteiger partial charge in [0.2, 0.25) is 5.91 Å². The lowest BCUT2D eigenvalue weighted by Gasteiger charge is -2.47. The van der Waals surface area contributed by atoms with Gasteiger partial charge in [-0.15, -0.1) is 11.3 Å². The Bertz CT molecular complexity index is 438. The van der Waals surface area contributed by atoms with Gasteiger partial charge in [-0.1, -0.05) is 0 Å². The van der Waals surface area contributed by atoms with E-state index in [4.69, 9.17) is 0 Å². The van der Waals surface area contributed by atoms with Crippen molar-refractivity contribution in [1.29, 1.82) is 0 Å². The fourth-order valence-corrected chi connectivity index (χ4v) is 3.35. The van der Waals surface area contributed by atoms with Crippen LogP contribution < -0.4 is 10.6 Å². The summed E-state index contributed by atoms with van der Waals surface area (Å²) in [6.45, 7) is 3.38. The molecule has 5 heteroatoms. The standard InChI is InChI=1S/C14H23N3OS/c1-11(18)16-12-5-8-19-13(12)9-15-10-14(17(2)3)6-4-7-14/h5,8,15H,4,6-7,9-10H2,1-3H3,(H,16,18). The van der Waals surface area contributed by atoms with Gasteiger partial charge in [-0.3, -0.25) is 4.79 Å². The number of amides is 1. The fourth-order valence-electron chi connectivity index (χ4n) is 2.55. The molecule has 0 atom stereocenters. The molecule has 0 aromatic carbocycles. The Kier molecular flexibility index (Phi) is 4.60. The molecule has 106 valence electrons. The van der Waals surface area contributed by atoms with Gasteiger partial charge >= 0.3 is 0 Å². The maximum atomic E-state index is 11.1. The summed E-state index contributed by atoms with van der Waals surface area (Å²) in [6, 6.07) is 1.97. The summed E-state index contributed by atoms with van der Waals surface area (Å²) in [7, 11) is 4.32. The zero-order chi connectivity index (χ0) is 13.9. The van der Waals surface area contributed by atoms with E-state index in [9.17, 15) is 4.79 Å². The smallest absolute Gasteiger partial charge is 0.221 e. The highest BCUT2D eigenvalue weighted by Gasteiger charge is 2.38. The third-order valence-electron chi connectivity index (χ3n) is 4.03. The predicted molar refractivity (Wildman–Crippen MR) is 80.6 cm³/mol. The lowest BCUT2D eigenvalue weighted by Crippen LogP contribution is -2.56. The maximum Gasteiger partial charge on any atom is 0.221 e. The number of hydrogen-bond donors (Lipinski definition) is 2. The van der Waals surface area contributed by atoms with Gasteiger partial charge in [0.05, 0.1) is 5.69 Å². The van der Waals surface area contributed by atoms with Gasteiger partial charge in [0, 0.05) is 30.4 Å². The summed E-state index contributed by atoms with van der Waals surface area (Å²) >= 11 is 1.69. The first-order valence-corrected chi connectivity index (χ1v) is 7.63.